The van der Waals surface area contributed by atoms with Gasteiger partial charge in [-0.2, -0.15) is 5.10 Å². The van der Waals surface area contributed by atoms with E-state index in [1.807, 2.05) is 21.5 Å². The second-order valence-electron chi connectivity index (χ2n) is 6.87. The number of nitrogens with one attached hydrogen (secondary N) is 1. The molecule has 22 heavy (non-hydrogen) atoms. The smallest absolute Gasteiger partial charge is 0.271 e. The lowest BCUT2D eigenvalue weighted by Gasteiger charge is -2.22. The zero-order valence-electron chi connectivity index (χ0n) is 13.4. The summed E-state index contributed by atoms with van der Waals surface area (Å²) < 4.78 is 3.94. The maximum absolute atomic E-state index is 12.3. The van der Waals surface area contributed by atoms with Crippen molar-refractivity contribution in [3.05, 3.63) is 36.2 Å². The molecule has 2 aromatic heterocycles. The highest BCUT2D eigenvalue weighted by molar-refractivity contribution is 5.92. The van der Waals surface area contributed by atoms with Crippen LogP contribution in [0.5, 0.6) is 0 Å². The van der Waals surface area contributed by atoms with Crippen LogP contribution in [-0.2, 0) is 12.1 Å². The molecule has 1 aliphatic carbocycles. The molecular weight excluding hydrogens is 278 g/mol. The van der Waals surface area contributed by atoms with Gasteiger partial charge in [-0.15, -0.1) is 0 Å². The van der Waals surface area contributed by atoms with Crippen molar-refractivity contribution >= 4 is 5.91 Å². The first kappa shape index (κ1) is 14.8. The van der Waals surface area contributed by atoms with Crippen molar-refractivity contribution in [2.75, 3.05) is 6.54 Å². The summed E-state index contributed by atoms with van der Waals surface area (Å²) >= 11 is 0. The summed E-state index contributed by atoms with van der Waals surface area (Å²) in [6.07, 6.45) is 7.75. The van der Waals surface area contributed by atoms with Crippen molar-refractivity contribution in [3.63, 3.8) is 0 Å². The Morgan fingerprint density at radius 1 is 1.41 bits per heavy atom. The van der Waals surface area contributed by atoms with Gasteiger partial charge in [-0.1, -0.05) is 0 Å². The predicted octanol–water partition coefficient (Wildman–Crippen LogP) is 2.14. The van der Waals surface area contributed by atoms with Crippen molar-refractivity contribution in [2.24, 2.45) is 0 Å². The summed E-state index contributed by atoms with van der Waals surface area (Å²) in [5.74, 6) is 0.462. The average Bonchev–Trinajstić information content (AvgIpc) is 2.99. The van der Waals surface area contributed by atoms with Gasteiger partial charge in [-0.3, -0.25) is 9.48 Å². The molecule has 0 atom stereocenters. The third-order valence-electron chi connectivity index (χ3n) is 3.82. The molecule has 0 spiro atoms. The zero-order valence-corrected chi connectivity index (χ0v) is 13.4. The van der Waals surface area contributed by atoms with Crippen LogP contribution in [0.2, 0.25) is 0 Å². The molecule has 1 aliphatic rings. The number of rotatable bonds is 5. The molecule has 0 aliphatic heterocycles. The Kier molecular flexibility index (Phi) is 3.76. The lowest BCUT2D eigenvalue weighted by Crippen LogP contribution is -2.29. The average molecular weight is 301 g/mol. The first-order chi connectivity index (χ1) is 10.4. The molecule has 0 aromatic carbocycles. The van der Waals surface area contributed by atoms with Gasteiger partial charge in [0.2, 0.25) is 0 Å². The molecule has 2 heterocycles. The number of amides is 1. The minimum atomic E-state index is -0.106. The van der Waals surface area contributed by atoms with Crippen LogP contribution >= 0.6 is 0 Å². The maximum Gasteiger partial charge on any atom is 0.271 e. The molecule has 0 saturated heterocycles. The molecule has 0 radical (unpaired) electrons. The Balaban J connectivity index is 1.67. The third-order valence-corrected chi connectivity index (χ3v) is 3.82. The largest absolute Gasteiger partial charge is 0.349 e. The number of carbonyl (C=O) groups is 1. The van der Waals surface area contributed by atoms with Crippen LogP contribution in [0.1, 0.15) is 55.7 Å². The van der Waals surface area contributed by atoms with E-state index < -0.39 is 0 Å². The highest BCUT2D eigenvalue weighted by atomic mass is 16.1. The molecular formula is C16H23N5O. The van der Waals surface area contributed by atoms with Gasteiger partial charge in [0.05, 0.1) is 11.9 Å². The van der Waals surface area contributed by atoms with Crippen molar-refractivity contribution in [2.45, 2.75) is 51.6 Å². The van der Waals surface area contributed by atoms with E-state index in [0.29, 0.717) is 24.7 Å². The van der Waals surface area contributed by atoms with E-state index in [0.717, 1.165) is 0 Å². The minimum Gasteiger partial charge on any atom is -0.349 e. The Morgan fingerprint density at radius 2 is 2.18 bits per heavy atom. The van der Waals surface area contributed by atoms with E-state index in [-0.39, 0.29) is 11.4 Å². The van der Waals surface area contributed by atoms with Crippen LogP contribution in [0, 0.1) is 0 Å². The molecule has 1 N–H and O–H groups in total. The van der Waals surface area contributed by atoms with Crippen LogP contribution in [-0.4, -0.2) is 31.8 Å². The van der Waals surface area contributed by atoms with Crippen LogP contribution in [0.25, 0.3) is 0 Å². The minimum absolute atomic E-state index is 0.104. The van der Waals surface area contributed by atoms with Gasteiger partial charge in [-0.05, 0) is 39.7 Å². The Bertz CT molecular complexity index is 647. The number of carbonyl (C=O) groups excluding carboxylic acids is 1. The molecule has 1 saturated carbocycles. The molecule has 1 fully saturated rings. The monoisotopic (exact) mass is 301 g/mol. The number of nitrogens with zero attached hydrogens (tertiary/aromatic N) is 4. The van der Waals surface area contributed by atoms with E-state index in [1.54, 1.807) is 12.5 Å². The van der Waals surface area contributed by atoms with Crippen LogP contribution in [0.4, 0.5) is 0 Å². The summed E-state index contributed by atoms with van der Waals surface area (Å²) in [5, 5.41) is 7.47. The van der Waals surface area contributed by atoms with Crippen LogP contribution in [0.3, 0.4) is 0 Å². The van der Waals surface area contributed by atoms with Crippen LogP contribution < -0.4 is 5.32 Å². The molecule has 1 amide bonds. The summed E-state index contributed by atoms with van der Waals surface area (Å²) in [5.41, 5.74) is 1.60. The zero-order chi connectivity index (χ0) is 15.7. The fourth-order valence-electron chi connectivity index (χ4n) is 2.52. The third kappa shape index (κ3) is 3.21. The Morgan fingerprint density at radius 3 is 2.77 bits per heavy atom. The highest BCUT2D eigenvalue weighted by Gasteiger charge is 2.32. The van der Waals surface area contributed by atoms with E-state index in [9.17, 15) is 4.79 Å². The Labute approximate surface area is 130 Å². The SMILES string of the molecule is CC(C)(C)n1nc(C(=O)NCCn2ccnc2)cc1C1CC1. The van der Waals surface area contributed by atoms with Gasteiger partial charge in [0.1, 0.15) is 5.69 Å². The first-order valence-electron chi connectivity index (χ1n) is 7.79. The van der Waals surface area contributed by atoms with E-state index in [4.69, 9.17) is 0 Å². The molecule has 0 bridgehead atoms. The Hall–Kier alpha value is -2.11. The molecule has 6 heteroatoms. The lowest BCUT2D eigenvalue weighted by molar-refractivity contribution is 0.0945. The van der Waals surface area contributed by atoms with Crippen molar-refractivity contribution in [1.82, 2.24) is 24.6 Å². The second kappa shape index (κ2) is 5.59. The number of aromatic nitrogens is 4. The number of imidazole rings is 1. The summed E-state index contributed by atoms with van der Waals surface area (Å²) in [4.78, 5) is 16.3. The van der Waals surface area contributed by atoms with Gasteiger partial charge < -0.3 is 9.88 Å². The normalized spacial score (nSPS) is 15.0. The molecule has 2 aromatic rings. The predicted molar refractivity (Wildman–Crippen MR) is 83.8 cm³/mol. The summed E-state index contributed by atoms with van der Waals surface area (Å²) in [7, 11) is 0. The van der Waals surface area contributed by atoms with Gasteiger partial charge in [-0.25, -0.2) is 4.98 Å². The van der Waals surface area contributed by atoms with Crippen molar-refractivity contribution in [3.8, 4) is 0 Å². The molecule has 0 unspecified atom stereocenters. The van der Waals surface area contributed by atoms with Gasteiger partial charge in [0.25, 0.3) is 5.91 Å². The number of hydrogen-bond acceptors (Lipinski definition) is 3. The van der Waals surface area contributed by atoms with Crippen molar-refractivity contribution in [1.29, 1.82) is 0 Å². The molecule has 3 rings (SSSR count). The van der Waals surface area contributed by atoms with Crippen molar-refractivity contribution < 1.29 is 4.79 Å². The topological polar surface area (TPSA) is 64.7 Å². The summed E-state index contributed by atoms with van der Waals surface area (Å²) in [6.45, 7) is 7.63. The standard InChI is InChI=1S/C16H23N5O/c1-16(2,3)21-14(12-4-5-12)10-13(19-21)15(22)18-7-9-20-8-6-17-11-20/h6,8,10-12H,4-5,7,9H2,1-3H3,(H,18,22). The number of hydrogen-bond donors (Lipinski definition) is 1. The fraction of sp³-hybridized carbons (Fsp3) is 0.562. The maximum atomic E-state index is 12.3. The van der Waals surface area contributed by atoms with Gasteiger partial charge in [0.15, 0.2) is 0 Å². The molecule has 118 valence electrons. The first-order valence-corrected chi connectivity index (χ1v) is 7.79. The van der Waals surface area contributed by atoms with Crippen LogP contribution in [0.15, 0.2) is 24.8 Å². The lowest BCUT2D eigenvalue weighted by atomic mass is 10.1. The second-order valence-corrected chi connectivity index (χ2v) is 6.87. The van der Waals surface area contributed by atoms with Gasteiger partial charge >= 0.3 is 0 Å². The van der Waals surface area contributed by atoms with E-state index >= 15 is 0 Å². The fourth-order valence-corrected chi connectivity index (χ4v) is 2.52. The quantitative estimate of drug-likeness (QED) is 0.920. The molecule has 6 nitrogen and oxygen atoms in total. The van der Waals surface area contributed by atoms with Gasteiger partial charge in [0, 0.05) is 37.1 Å². The van der Waals surface area contributed by atoms with E-state index in [1.165, 1.54) is 18.5 Å². The highest BCUT2D eigenvalue weighted by Crippen LogP contribution is 2.41. The van der Waals surface area contributed by atoms with E-state index in [2.05, 4.69) is 36.2 Å². The summed E-state index contributed by atoms with van der Waals surface area (Å²) in [6, 6.07) is 1.95.